The Balaban J connectivity index is 1.79. The molecule has 0 spiro atoms. The van der Waals surface area contributed by atoms with Gasteiger partial charge in [0.15, 0.2) is 0 Å². The second kappa shape index (κ2) is 5.21. The van der Waals surface area contributed by atoms with Crippen molar-refractivity contribution in [1.82, 2.24) is 4.90 Å². The van der Waals surface area contributed by atoms with E-state index in [1.54, 1.807) is 12.1 Å². The molecule has 1 saturated heterocycles. The van der Waals surface area contributed by atoms with Crippen LogP contribution in [0.15, 0.2) is 24.3 Å². The highest BCUT2D eigenvalue weighted by Crippen LogP contribution is 2.29. The maximum Gasteiger partial charge on any atom is 0.254 e. The Labute approximate surface area is 113 Å². The second-order valence-corrected chi connectivity index (χ2v) is 5.38. The van der Waals surface area contributed by atoms with E-state index in [1.165, 1.54) is 12.8 Å². The van der Waals surface area contributed by atoms with Crippen molar-refractivity contribution in [3.05, 3.63) is 29.8 Å². The molecule has 2 N–H and O–H groups in total. The Morgan fingerprint density at radius 2 is 1.95 bits per heavy atom. The Kier molecular flexibility index (Phi) is 3.42. The van der Waals surface area contributed by atoms with E-state index in [2.05, 4.69) is 0 Å². The van der Waals surface area contributed by atoms with Crippen molar-refractivity contribution in [1.29, 1.82) is 0 Å². The highest BCUT2D eigenvalue weighted by molar-refractivity contribution is 5.94. The molecule has 19 heavy (non-hydrogen) atoms. The van der Waals surface area contributed by atoms with E-state index >= 15 is 0 Å². The van der Waals surface area contributed by atoms with Crippen molar-refractivity contribution in [2.24, 2.45) is 0 Å². The maximum atomic E-state index is 12.6. The lowest BCUT2D eigenvalue weighted by Crippen LogP contribution is -2.54. The highest BCUT2D eigenvalue weighted by Gasteiger charge is 2.36. The van der Waals surface area contributed by atoms with Crippen LogP contribution < -0.4 is 5.73 Å². The number of hydrogen-bond acceptors (Lipinski definition) is 3. The minimum Gasteiger partial charge on any atom is -0.399 e. The molecular weight excluding hydrogens is 240 g/mol. The van der Waals surface area contributed by atoms with E-state index in [1.807, 2.05) is 17.0 Å². The molecule has 1 aliphatic heterocycles. The molecule has 1 amide bonds. The summed E-state index contributed by atoms with van der Waals surface area (Å²) < 4.78 is 5.80. The molecule has 2 atom stereocenters. The number of ether oxygens (including phenoxy) is 1. The van der Waals surface area contributed by atoms with Gasteiger partial charge < -0.3 is 15.4 Å². The molecule has 102 valence electrons. The van der Waals surface area contributed by atoms with E-state index in [-0.39, 0.29) is 18.1 Å². The predicted molar refractivity (Wildman–Crippen MR) is 73.9 cm³/mol. The molecule has 2 aliphatic rings. The number of nitrogens with two attached hydrogens (primary N) is 1. The standard InChI is InChI=1S/C15H20N2O2/c16-12-7-5-11(6-8-12)15(18)17-9-10-19-14-4-2-1-3-13(14)17/h5-8,13-14H,1-4,9-10,16H2/t13-,14-/m0/s1. The smallest absolute Gasteiger partial charge is 0.254 e. The number of nitrogens with zero attached hydrogens (tertiary/aromatic N) is 1. The van der Waals surface area contributed by atoms with Gasteiger partial charge in [-0.05, 0) is 37.1 Å². The van der Waals surface area contributed by atoms with Crippen LogP contribution in [0.5, 0.6) is 0 Å². The fourth-order valence-corrected chi connectivity index (χ4v) is 3.14. The molecular formula is C15H20N2O2. The molecule has 1 aliphatic carbocycles. The first-order valence-corrected chi connectivity index (χ1v) is 7.04. The van der Waals surface area contributed by atoms with Gasteiger partial charge in [0.05, 0.1) is 18.8 Å². The summed E-state index contributed by atoms with van der Waals surface area (Å²) in [6.07, 6.45) is 4.78. The van der Waals surface area contributed by atoms with Crippen molar-refractivity contribution in [3.8, 4) is 0 Å². The third-order valence-electron chi connectivity index (χ3n) is 4.15. The Hall–Kier alpha value is -1.55. The summed E-state index contributed by atoms with van der Waals surface area (Å²) in [7, 11) is 0. The molecule has 4 heteroatoms. The van der Waals surface area contributed by atoms with Crippen LogP contribution in [-0.4, -0.2) is 36.1 Å². The molecule has 0 radical (unpaired) electrons. The van der Waals surface area contributed by atoms with Crippen LogP contribution >= 0.6 is 0 Å². The van der Waals surface area contributed by atoms with Crippen LogP contribution in [0, 0.1) is 0 Å². The van der Waals surface area contributed by atoms with E-state index in [0.29, 0.717) is 18.8 Å². The van der Waals surface area contributed by atoms with Crippen LogP contribution in [-0.2, 0) is 4.74 Å². The van der Waals surface area contributed by atoms with Gasteiger partial charge >= 0.3 is 0 Å². The normalized spacial score (nSPS) is 26.8. The number of hydrogen-bond donors (Lipinski definition) is 1. The molecule has 2 fully saturated rings. The summed E-state index contributed by atoms with van der Waals surface area (Å²) in [4.78, 5) is 14.6. The third-order valence-corrected chi connectivity index (χ3v) is 4.15. The zero-order valence-corrected chi connectivity index (χ0v) is 11.0. The number of carbonyl (C=O) groups excluding carboxylic acids is 1. The number of rotatable bonds is 1. The van der Waals surface area contributed by atoms with Crippen LogP contribution in [0.2, 0.25) is 0 Å². The Morgan fingerprint density at radius 3 is 2.74 bits per heavy atom. The van der Waals surface area contributed by atoms with Crippen LogP contribution in [0.4, 0.5) is 5.69 Å². The summed E-state index contributed by atoms with van der Waals surface area (Å²) in [5.74, 6) is 0.111. The molecule has 0 bridgehead atoms. The fourth-order valence-electron chi connectivity index (χ4n) is 3.14. The van der Waals surface area contributed by atoms with Crippen LogP contribution in [0.1, 0.15) is 36.0 Å². The number of fused-ring (bicyclic) bond motifs is 1. The largest absolute Gasteiger partial charge is 0.399 e. The number of benzene rings is 1. The van der Waals surface area contributed by atoms with Crippen molar-refractivity contribution in [2.45, 2.75) is 37.8 Å². The van der Waals surface area contributed by atoms with Crippen molar-refractivity contribution in [3.63, 3.8) is 0 Å². The lowest BCUT2D eigenvalue weighted by molar-refractivity contribution is -0.0752. The zero-order chi connectivity index (χ0) is 13.2. The number of morpholine rings is 1. The second-order valence-electron chi connectivity index (χ2n) is 5.38. The minimum atomic E-state index is 0.111. The van der Waals surface area contributed by atoms with Crippen molar-refractivity contribution < 1.29 is 9.53 Å². The van der Waals surface area contributed by atoms with Crippen LogP contribution in [0.25, 0.3) is 0 Å². The lowest BCUT2D eigenvalue weighted by Gasteiger charge is -2.43. The van der Waals surface area contributed by atoms with Crippen LogP contribution in [0.3, 0.4) is 0 Å². The van der Waals surface area contributed by atoms with Gasteiger partial charge in [-0.25, -0.2) is 0 Å². The predicted octanol–water partition coefficient (Wildman–Crippen LogP) is 2.05. The van der Waals surface area contributed by atoms with Crippen molar-refractivity contribution >= 4 is 11.6 Å². The number of carbonyl (C=O) groups is 1. The van der Waals surface area contributed by atoms with Gasteiger partial charge in [0.2, 0.25) is 0 Å². The topological polar surface area (TPSA) is 55.6 Å². The summed E-state index contributed by atoms with van der Waals surface area (Å²) >= 11 is 0. The first-order valence-electron chi connectivity index (χ1n) is 7.04. The van der Waals surface area contributed by atoms with E-state index in [9.17, 15) is 4.79 Å². The monoisotopic (exact) mass is 260 g/mol. The average molecular weight is 260 g/mol. The summed E-state index contributed by atoms with van der Waals surface area (Å²) in [5, 5.41) is 0. The average Bonchev–Trinajstić information content (AvgIpc) is 2.47. The quantitative estimate of drug-likeness (QED) is 0.786. The summed E-state index contributed by atoms with van der Waals surface area (Å²) in [6, 6.07) is 7.45. The molecule has 0 aromatic heterocycles. The molecule has 4 nitrogen and oxygen atoms in total. The molecule has 0 unspecified atom stereocenters. The van der Waals surface area contributed by atoms with Crippen molar-refractivity contribution in [2.75, 3.05) is 18.9 Å². The molecule has 1 aromatic rings. The number of amides is 1. The Bertz CT molecular complexity index is 456. The molecule has 1 heterocycles. The van der Waals surface area contributed by atoms with Gasteiger partial charge in [0, 0.05) is 17.8 Å². The molecule has 1 saturated carbocycles. The van der Waals surface area contributed by atoms with E-state index in [4.69, 9.17) is 10.5 Å². The van der Waals surface area contributed by atoms with Gasteiger partial charge in [-0.15, -0.1) is 0 Å². The summed E-state index contributed by atoms with van der Waals surface area (Å²) in [5.41, 5.74) is 7.08. The highest BCUT2D eigenvalue weighted by atomic mass is 16.5. The first kappa shape index (κ1) is 12.5. The fraction of sp³-hybridized carbons (Fsp3) is 0.533. The van der Waals surface area contributed by atoms with E-state index < -0.39 is 0 Å². The maximum absolute atomic E-state index is 12.6. The Morgan fingerprint density at radius 1 is 1.21 bits per heavy atom. The van der Waals surface area contributed by atoms with Gasteiger partial charge in [-0.1, -0.05) is 12.8 Å². The first-order chi connectivity index (χ1) is 9.25. The van der Waals surface area contributed by atoms with Gasteiger partial charge in [0.25, 0.3) is 5.91 Å². The molecule has 1 aromatic carbocycles. The SMILES string of the molecule is Nc1ccc(C(=O)N2CCO[C@H]3CCCC[C@@H]32)cc1. The molecule has 3 rings (SSSR count). The third kappa shape index (κ3) is 2.45. The lowest BCUT2D eigenvalue weighted by atomic mass is 9.89. The minimum absolute atomic E-state index is 0.111. The number of nitrogen functional groups attached to an aromatic ring is 1. The van der Waals surface area contributed by atoms with Gasteiger partial charge in [-0.3, -0.25) is 4.79 Å². The van der Waals surface area contributed by atoms with Gasteiger partial charge in [-0.2, -0.15) is 0 Å². The van der Waals surface area contributed by atoms with E-state index in [0.717, 1.165) is 18.4 Å². The number of anilines is 1. The zero-order valence-electron chi connectivity index (χ0n) is 11.0. The summed E-state index contributed by atoms with van der Waals surface area (Å²) in [6.45, 7) is 1.35. The van der Waals surface area contributed by atoms with Gasteiger partial charge in [0.1, 0.15) is 0 Å².